The molecule has 0 aliphatic rings. The number of hydrogen-bond donors (Lipinski definition) is 1. The molecule has 0 aromatic heterocycles. The molecule has 1 aromatic rings. The number of amides is 1. The SMILES string of the molecule is CC(C(=O)O)N(C)C(=O)Cc1cccc(OCC(F)(F)F)c1. The van der Waals surface area contributed by atoms with Gasteiger partial charge in [-0.2, -0.15) is 13.2 Å². The molecule has 22 heavy (non-hydrogen) atoms. The quantitative estimate of drug-likeness (QED) is 0.872. The fraction of sp³-hybridized carbons (Fsp3) is 0.429. The highest BCUT2D eigenvalue weighted by molar-refractivity contribution is 5.84. The summed E-state index contributed by atoms with van der Waals surface area (Å²) in [5, 5.41) is 8.84. The van der Waals surface area contributed by atoms with Crippen LogP contribution in [0.25, 0.3) is 0 Å². The number of carbonyl (C=O) groups is 2. The summed E-state index contributed by atoms with van der Waals surface area (Å²) in [6.07, 6.45) is -4.57. The molecule has 1 atom stereocenters. The Hall–Kier alpha value is -2.25. The smallest absolute Gasteiger partial charge is 0.422 e. The molecular weight excluding hydrogens is 303 g/mol. The molecule has 1 aromatic carbocycles. The van der Waals surface area contributed by atoms with E-state index >= 15 is 0 Å². The van der Waals surface area contributed by atoms with Crippen molar-refractivity contribution < 1.29 is 32.6 Å². The zero-order chi connectivity index (χ0) is 16.9. The van der Waals surface area contributed by atoms with Crippen LogP contribution in [0.2, 0.25) is 0 Å². The Morgan fingerprint density at radius 1 is 1.36 bits per heavy atom. The van der Waals surface area contributed by atoms with Crippen molar-refractivity contribution in [3.63, 3.8) is 0 Å². The second-order valence-electron chi connectivity index (χ2n) is 4.75. The third kappa shape index (κ3) is 5.63. The number of hydrogen-bond acceptors (Lipinski definition) is 3. The summed E-state index contributed by atoms with van der Waals surface area (Å²) >= 11 is 0. The van der Waals surface area contributed by atoms with Crippen LogP contribution in [0.3, 0.4) is 0 Å². The van der Waals surface area contributed by atoms with E-state index in [9.17, 15) is 22.8 Å². The molecule has 1 amide bonds. The van der Waals surface area contributed by atoms with Gasteiger partial charge in [-0.3, -0.25) is 4.79 Å². The number of likely N-dealkylation sites (N-methyl/N-ethyl adjacent to an activating group) is 1. The highest BCUT2D eigenvalue weighted by atomic mass is 19.4. The summed E-state index contributed by atoms with van der Waals surface area (Å²) in [4.78, 5) is 23.8. The first kappa shape index (κ1) is 17.8. The van der Waals surface area contributed by atoms with Crippen molar-refractivity contribution >= 4 is 11.9 Å². The van der Waals surface area contributed by atoms with Gasteiger partial charge in [0.2, 0.25) is 5.91 Å². The summed E-state index contributed by atoms with van der Waals surface area (Å²) in [7, 11) is 1.35. The van der Waals surface area contributed by atoms with Crippen LogP contribution in [-0.2, 0) is 16.0 Å². The topological polar surface area (TPSA) is 66.8 Å². The van der Waals surface area contributed by atoms with Crippen LogP contribution in [0.4, 0.5) is 13.2 Å². The van der Waals surface area contributed by atoms with Crippen LogP contribution in [0, 0.1) is 0 Å². The van der Waals surface area contributed by atoms with E-state index < -0.39 is 30.7 Å². The number of carbonyl (C=O) groups excluding carboxylic acids is 1. The number of ether oxygens (including phenoxy) is 1. The summed E-state index contributed by atoms with van der Waals surface area (Å²) < 4.78 is 40.8. The van der Waals surface area contributed by atoms with Gasteiger partial charge < -0.3 is 14.7 Å². The van der Waals surface area contributed by atoms with Gasteiger partial charge in [-0.1, -0.05) is 12.1 Å². The summed E-state index contributed by atoms with van der Waals surface area (Å²) in [6, 6.07) is 4.70. The van der Waals surface area contributed by atoms with Crippen LogP contribution >= 0.6 is 0 Å². The molecule has 0 spiro atoms. The average Bonchev–Trinajstić information content (AvgIpc) is 2.43. The maximum absolute atomic E-state index is 12.1. The van der Waals surface area contributed by atoms with Crippen LogP contribution in [0.15, 0.2) is 24.3 Å². The third-order valence-corrected chi connectivity index (χ3v) is 2.99. The van der Waals surface area contributed by atoms with E-state index in [1.165, 1.54) is 32.2 Å². The molecule has 1 unspecified atom stereocenters. The van der Waals surface area contributed by atoms with Crippen molar-refractivity contribution in [2.45, 2.75) is 25.6 Å². The molecule has 5 nitrogen and oxygen atoms in total. The highest BCUT2D eigenvalue weighted by Gasteiger charge is 2.28. The van der Waals surface area contributed by atoms with Crippen molar-refractivity contribution in [1.29, 1.82) is 0 Å². The fourth-order valence-corrected chi connectivity index (χ4v) is 1.59. The molecule has 0 aliphatic heterocycles. The van der Waals surface area contributed by atoms with Gasteiger partial charge in [0, 0.05) is 7.05 Å². The molecule has 8 heteroatoms. The predicted molar refractivity (Wildman–Crippen MR) is 71.6 cm³/mol. The second-order valence-corrected chi connectivity index (χ2v) is 4.75. The number of carboxylic acids is 1. The van der Waals surface area contributed by atoms with Gasteiger partial charge in [-0.05, 0) is 24.6 Å². The van der Waals surface area contributed by atoms with E-state index in [-0.39, 0.29) is 12.2 Å². The first-order valence-electron chi connectivity index (χ1n) is 6.37. The molecule has 0 radical (unpaired) electrons. The fourth-order valence-electron chi connectivity index (χ4n) is 1.59. The van der Waals surface area contributed by atoms with Crippen LogP contribution in [0.1, 0.15) is 12.5 Å². The Morgan fingerprint density at radius 2 is 2.00 bits per heavy atom. The van der Waals surface area contributed by atoms with Crippen molar-refractivity contribution in [1.82, 2.24) is 4.90 Å². The number of alkyl halides is 3. The molecule has 1 rings (SSSR count). The van der Waals surface area contributed by atoms with Gasteiger partial charge in [0.05, 0.1) is 6.42 Å². The minimum atomic E-state index is -4.44. The van der Waals surface area contributed by atoms with E-state index in [1.54, 1.807) is 6.07 Å². The van der Waals surface area contributed by atoms with Gasteiger partial charge in [-0.25, -0.2) is 4.79 Å². The summed E-state index contributed by atoms with van der Waals surface area (Å²) in [5.41, 5.74) is 0.439. The van der Waals surface area contributed by atoms with E-state index in [1.807, 2.05) is 0 Å². The van der Waals surface area contributed by atoms with E-state index in [0.717, 1.165) is 4.90 Å². The lowest BCUT2D eigenvalue weighted by Crippen LogP contribution is -2.41. The first-order chi connectivity index (χ1) is 10.1. The molecule has 0 saturated carbocycles. The summed E-state index contributed by atoms with van der Waals surface area (Å²) in [6.45, 7) is -0.0521. The number of aliphatic carboxylic acids is 1. The van der Waals surface area contributed by atoms with Gasteiger partial charge in [-0.15, -0.1) is 0 Å². The highest BCUT2D eigenvalue weighted by Crippen LogP contribution is 2.19. The maximum Gasteiger partial charge on any atom is 0.422 e. The maximum atomic E-state index is 12.1. The Bertz CT molecular complexity index is 545. The van der Waals surface area contributed by atoms with Crippen LogP contribution in [0.5, 0.6) is 5.75 Å². The van der Waals surface area contributed by atoms with Crippen molar-refractivity contribution in [2.75, 3.05) is 13.7 Å². The normalized spacial score (nSPS) is 12.6. The Labute approximate surface area is 125 Å². The predicted octanol–water partition coefficient (Wildman–Crippen LogP) is 2.10. The zero-order valence-electron chi connectivity index (χ0n) is 12.1. The minimum absolute atomic E-state index is 0.00318. The average molecular weight is 319 g/mol. The van der Waals surface area contributed by atoms with Crippen LogP contribution < -0.4 is 4.74 Å². The van der Waals surface area contributed by atoms with Crippen molar-refractivity contribution in [3.05, 3.63) is 29.8 Å². The molecule has 0 aliphatic carbocycles. The number of rotatable bonds is 6. The molecule has 0 fully saturated rings. The number of halogens is 3. The number of nitrogens with zero attached hydrogens (tertiary/aromatic N) is 1. The van der Waals surface area contributed by atoms with Crippen molar-refractivity contribution in [3.8, 4) is 5.75 Å². The van der Waals surface area contributed by atoms with Crippen LogP contribution in [-0.4, -0.2) is 47.8 Å². The first-order valence-corrected chi connectivity index (χ1v) is 6.37. The van der Waals surface area contributed by atoms with E-state index in [2.05, 4.69) is 4.74 Å². The lowest BCUT2D eigenvalue weighted by molar-refractivity contribution is -0.153. The minimum Gasteiger partial charge on any atom is -0.484 e. The summed E-state index contributed by atoms with van der Waals surface area (Å²) in [5.74, 6) is -1.60. The van der Waals surface area contributed by atoms with Gasteiger partial charge in [0.15, 0.2) is 6.61 Å². The zero-order valence-corrected chi connectivity index (χ0v) is 12.1. The van der Waals surface area contributed by atoms with E-state index in [0.29, 0.717) is 5.56 Å². The van der Waals surface area contributed by atoms with Gasteiger partial charge >= 0.3 is 12.1 Å². The molecular formula is C14H16F3NO4. The molecule has 1 N–H and O–H groups in total. The lowest BCUT2D eigenvalue weighted by Gasteiger charge is -2.21. The molecule has 122 valence electrons. The molecule has 0 bridgehead atoms. The Balaban J connectivity index is 2.70. The van der Waals surface area contributed by atoms with Crippen molar-refractivity contribution in [2.24, 2.45) is 0 Å². The molecule has 0 saturated heterocycles. The second kappa shape index (κ2) is 7.15. The standard InChI is InChI=1S/C14H16F3NO4/c1-9(13(20)21)18(2)12(19)7-10-4-3-5-11(6-10)22-8-14(15,16)17/h3-6,9H,7-8H2,1-2H3,(H,20,21). The number of benzene rings is 1. The molecule has 0 heterocycles. The Morgan fingerprint density at radius 3 is 2.55 bits per heavy atom. The monoisotopic (exact) mass is 319 g/mol. The lowest BCUT2D eigenvalue weighted by atomic mass is 10.1. The third-order valence-electron chi connectivity index (χ3n) is 2.99. The van der Waals surface area contributed by atoms with Gasteiger partial charge in [0.1, 0.15) is 11.8 Å². The van der Waals surface area contributed by atoms with E-state index in [4.69, 9.17) is 5.11 Å². The number of carboxylic acid groups (broad SMARTS) is 1. The Kier molecular flexibility index (Phi) is 5.78. The largest absolute Gasteiger partial charge is 0.484 e. The van der Waals surface area contributed by atoms with Gasteiger partial charge in [0.25, 0.3) is 0 Å².